The molecule has 122 valence electrons. The number of aromatic amines is 1. The quantitative estimate of drug-likeness (QED) is 0.537. The van der Waals surface area contributed by atoms with E-state index in [0.717, 1.165) is 16.6 Å². The zero-order valence-corrected chi connectivity index (χ0v) is 13.3. The van der Waals surface area contributed by atoms with Crippen LogP contribution in [0.1, 0.15) is 27.6 Å². The van der Waals surface area contributed by atoms with Crippen LogP contribution in [0, 0.1) is 0 Å². The molecule has 0 unspecified atom stereocenters. The molecule has 0 atom stereocenters. The molecule has 2 N–H and O–H groups in total. The summed E-state index contributed by atoms with van der Waals surface area (Å²) >= 11 is 0. The number of para-hydroxylation sites is 1. The second kappa shape index (κ2) is 7.00. The van der Waals surface area contributed by atoms with E-state index in [4.69, 9.17) is 4.74 Å². The fourth-order valence-electron chi connectivity index (χ4n) is 2.52. The second-order valence-corrected chi connectivity index (χ2v) is 5.32. The van der Waals surface area contributed by atoms with E-state index in [-0.39, 0.29) is 18.3 Å². The van der Waals surface area contributed by atoms with Crippen molar-refractivity contribution in [2.45, 2.75) is 6.92 Å². The number of ether oxygens (including phenoxy) is 1. The number of fused-ring (bicyclic) bond motifs is 1. The lowest BCUT2D eigenvalue weighted by molar-refractivity contribution is 0.0526. The number of carbonyl (C=O) groups excluding carboxylic acids is 2. The molecule has 5 nitrogen and oxygen atoms in total. The highest BCUT2D eigenvalue weighted by Gasteiger charge is 2.11. The third-order valence-corrected chi connectivity index (χ3v) is 3.74. The molecule has 0 aliphatic heterocycles. The number of rotatable bonds is 6. The minimum Gasteiger partial charge on any atom is -0.462 e. The maximum absolute atomic E-state index is 12.4. The van der Waals surface area contributed by atoms with Crippen LogP contribution in [0.3, 0.4) is 0 Å². The van der Waals surface area contributed by atoms with Gasteiger partial charge in [-0.3, -0.25) is 4.79 Å². The third kappa shape index (κ3) is 3.30. The highest BCUT2D eigenvalue weighted by Crippen LogP contribution is 2.18. The number of ketones is 1. The Kier molecular flexibility index (Phi) is 4.61. The SMILES string of the molecule is CCOC(=O)c1ccc(NCC(=O)c2c[nH]c3ccccc23)cc1. The highest BCUT2D eigenvalue weighted by atomic mass is 16.5. The maximum Gasteiger partial charge on any atom is 0.338 e. The zero-order chi connectivity index (χ0) is 16.9. The van der Waals surface area contributed by atoms with Crippen LogP contribution in [0.25, 0.3) is 10.9 Å². The molecule has 0 fully saturated rings. The minimum absolute atomic E-state index is 0.00178. The predicted molar refractivity (Wildman–Crippen MR) is 93.5 cm³/mol. The highest BCUT2D eigenvalue weighted by molar-refractivity contribution is 6.09. The van der Waals surface area contributed by atoms with Gasteiger partial charge in [-0.1, -0.05) is 18.2 Å². The summed E-state index contributed by atoms with van der Waals surface area (Å²) in [5.41, 5.74) is 2.88. The van der Waals surface area contributed by atoms with Gasteiger partial charge in [0, 0.05) is 28.4 Å². The average Bonchev–Trinajstić information content (AvgIpc) is 3.04. The molecule has 0 bridgehead atoms. The van der Waals surface area contributed by atoms with Crippen LogP contribution in [0.5, 0.6) is 0 Å². The molecule has 3 rings (SSSR count). The van der Waals surface area contributed by atoms with Gasteiger partial charge in [0.2, 0.25) is 0 Å². The molecule has 0 amide bonds. The largest absolute Gasteiger partial charge is 0.462 e. The first-order valence-electron chi connectivity index (χ1n) is 7.79. The Morgan fingerprint density at radius 2 is 1.83 bits per heavy atom. The van der Waals surface area contributed by atoms with Gasteiger partial charge in [0.25, 0.3) is 0 Å². The Morgan fingerprint density at radius 3 is 2.58 bits per heavy atom. The fraction of sp³-hybridized carbons (Fsp3) is 0.158. The fourth-order valence-corrected chi connectivity index (χ4v) is 2.52. The van der Waals surface area contributed by atoms with E-state index in [0.29, 0.717) is 17.7 Å². The normalized spacial score (nSPS) is 10.5. The number of Topliss-reactive ketones (excluding diaryl/α,β-unsaturated/α-hetero) is 1. The Bertz CT molecular complexity index is 866. The van der Waals surface area contributed by atoms with Crippen molar-refractivity contribution in [3.8, 4) is 0 Å². The van der Waals surface area contributed by atoms with E-state index in [1.807, 2.05) is 24.3 Å². The summed E-state index contributed by atoms with van der Waals surface area (Å²) in [6.07, 6.45) is 1.73. The van der Waals surface area contributed by atoms with Gasteiger partial charge in [-0.05, 0) is 37.3 Å². The average molecular weight is 322 g/mol. The van der Waals surface area contributed by atoms with Crippen LogP contribution in [0.15, 0.2) is 54.7 Å². The molecule has 0 saturated carbocycles. The van der Waals surface area contributed by atoms with Crippen LogP contribution in [-0.4, -0.2) is 29.9 Å². The van der Waals surface area contributed by atoms with E-state index in [2.05, 4.69) is 10.3 Å². The van der Waals surface area contributed by atoms with Gasteiger partial charge in [0.15, 0.2) is 5.78 Å². The molecule has 0 saturated heterocycles. The number of H-pyrrole nitrogens is 1. The second-order valence-electron chi connectivity index (χ2n) is 5.32. The summed E-state index contributed by atoms with van der Waals surface area (Å²) in [7, 11) is 0. The Hall–Kier alpha value is -3.08. The van der Waals surface area contributed by atoms with Gasteiger partial charge in [0.05, 0.1) is 18.7 Å². The number of benzene rings is 2. The van der Waals surface area contributed by atoms with E-state index < -0.39 is 0 Å². The lowest BCUT2D eigenvalue weighted by Crippen LogP contribution is -2.13. The van der Waals surface area contributed by atoms with Gasteiger partial charge in [-0.25, -0.2) is 4.79 Å². The Balaban J connectivity index is 1.65. The molecule has 1 aromatic heterocycles. The molecule has 3 aromatic rings. The first kappa shape index (κ1) is 15.8. The maximum atomic E-state index is 12.4. The topological polar surface area (TPSA) is 71.2 Å². The Morgan fingerprint density at radius 1 is 1.08 bits per heavy atom. The van der Waals surface area contributed by atoms with Gasteiger partial charge >= 0.3 is 5.97 Å². The Labute approximate surface area is 139 Å². The number of hydrogen-bond donors (Lipinski definition) is 2. The van der Waals surface area contributed by atoms with Gasteiger partial charge in [0.1, 0.15) is 0 Å². The zero-order valence-electron chi connectivity index (χ0n) is 13.3. The van der Waals surface area contributed by atoms with Crippen molar-refractivity contribution >= 4 is 28.3 Å². The first-order chi connectivity index (χ1) is 11.7. The number of esters is 1. The summed E-state index contributed by atoms with van der Waals surface area (Å²) < 4.78 is 4.94. The number of carbonyl (C=O) groups is 2. The standard InChI is InChI=1S/C19H18N2O3/c1-2-24-19(23)13-7-9-14(10-8-13)20-12-18(22)16-11-21-17-6-4-3-5-15(16)17/h3-11,20-21H,2,12H2,1H3. The van der Waals surface area contributed by atoms with E-state index in [9.17, 15) is 9.59 Å². The van der Waals surface area contributed by atoms with Gasteiger partial charge < -0.3 is 15.0 Å². The third-order valence-electron chi connectivity index (χ3n) is 3.74. The van der Waals surface area contributed by atoms with Crippen LogP contribution in [0.2, 0.25) is 0 Å². The summed E-state index contributed by atoms with van der Waals surface area (Å²) in [6.45, 7) is 2.29. The van der Waals surface area contributed by atoms with Crippen molar-refractivity contribution in [3.05, 3.63) is 65.9 Å². The molecular formula is C19H18N2O3. The van der Waals surface area contributed by atoms with Crippen LogP contribution in [-0.2, 0) is 4.74 Å². The van der Waals surface area contributed by atoms with E-state index >= 15 is 0 Å². The van der Waals surface area contributed by atoms with Gasteiger partial charge in [-0.15, -0.1) is 0 Å². The molecule has 5 heteroatoms. The minimum atomic E-state index is -0.348. The van der Waals surface area contributed by atoms with Crippen LogP contribution in [0.4, 0.5) is 5.69 Å². The smallest absolute Gasteiger partial charge is 0.338 e. The molecule has 2 aromatic carbocycles. The van der Waals surface area contributed by atoms with Gasteiger partial charge in [-0.2, -0.15) is 0 Å². The summed E-state index contributed by atoms with van der Waals surface area (Å²) in [6, 6.07) is 14.6. The summed E-state index contributed by atoms with van der Waals surface area (Å²) in [5, 5.41) is 4.00. The summed E-state index contributed by atoms with van der Waals surface area (Å²) in [4.78, 5) is 27.1. The predicted octanol–water partition coefficient (Wildman–Crippen LogP) is 3.64. The lowest BCUT2D eigenvalue weighted by Gasteiger charge is -2.07. The molecular weight excluding hydrogens is 304 g/mol. The molecule has 0 aliphatic carbocycles. The number of nitrogens with one attached hydrogen (secondary N) is 2. The van der Waals surface area contributed by atoms with Crippen molar-refractivity contribution in [2.24, 2.45) is 0 Å². The monoisotopic (exact) mass is 322 g/mol. The van der Waals surface area contributed by atoms with E-state index in [1.54, 1.807) is 37.4 Å². The van der Waals surface area contributed by atoms with E-state index in [1.165, 1.54) is 0 Å². The van der Waals surface area contributed by atoms with Crippen LogP contribution >= 0.6 is 0 Å². The van der Waals surface area contributed by atoms with Crippen molar-refractivity contribution in [1.82, 2.24) is 4.98 Å². The van der Waals surface area contributed by atoms with Crippen molar-refractivity contribution in [3.63, 3.8) is 0 Å². The molecule has 0 aliphatic rings. The number of aromatic nitrogens is 1. The summed E-state index contributed by atoms with van der Waals surface area (Å²) in [5.74, 6) is -0.346. The molecule has 0 spiro atoms. The van der Waals surface area contributed by atoms with Crippen molar-refractivity contribution in [2.75, 3.05) is 18.5 Å². The molecule has 1 heterocycles. The molecule has 0 radical (unpaired) electrons. The first-order valence-corrected chi connectivity index (χ1v) is 7.79. The van der Waals surface area contributed by atoms with Crippen molar-refractivity contribution in [1.29, 1.82) is 0 Å². The van der Waals surface area contributed by atoms with Crippen molar-refractivity contribution < 1.29 is 14.3 Å². The lowest BCUT2D eigenvalue weighted by atomic mass is 10.1. The number of hydrogen-bond acceptors (Lipinski definition) is 4. The molecule has 24 heavy (non-hydrogen) atoms. The number of anilines is 1. The van der Waals surface area contributed by atoms with Crippen LogP contribution < -0.4 is 5.32 Å².